The first-order valence-electron chi connectivity index (χ1n) is 14.2. The van der Waals surface area contributed by atoms with Crippen molar-refractivity contribution in [2.75, 3.05) is 13.6 Å². The first-order chi connectivity index (χ1) is 18.3. The summed E-state index contributed by atoms with van der Waals surface area (Å²) in [5.74, 6) is 0.630. The van der Waals surface area contributed by atoms with Gasteiger partial charge in [0.1, 0.15) is 0 Å². The molecule has 0 unspecified atom stereocenters. The molecular formula is C35H57N3S. The van der Waals surface area contributed by atoms with Crippen molar-refractivity contribution in [1.29, 1.82) is 0 Å². The summed E-state index contributed by atoms with van der Waals surface area (Å²) in [6, 6.07) is 4.23. The summed E-state index contributed by atoms with van der Waals surface area (Å²) in [7, 11) is 1.66. The van der Waals surface area contributed by atoms with Gasteiger partial charge in [-0.15, -0.1) is 24.5 Å². The van der Waals surface area contributed by atoms with E-state index in [1.807, 2.05) is 13.8 Å². The molecule has 3 N–H and O–H groups in total. The average Bonchev–Trinajstić information content (AvgIpc) is 3.36. The molecule has 3 nitrogen and oxygen atoms in total. The van der Waals surface area contributed by atoms with Gasteiger partial charge in [0.15, 0.2) is 0 Å². The average molecular weight is 552 g/mol. The second-order valence-electron chi connectivity index (χ2n) is 11.2. The third kappa shape index (κ3) is 12.4. The molecule has 0 radical (unpaired) electrons. The highest BCUT2D eigenvalue weighted by Gasteiger charge is 2.46. The second kappa shape index (κ2) is 17.9. The number of amidine groups is 1. The zero-order chi connectivity index (χ0) is 30.2. The van der Waals surface area contributed by atoms with E-state index in [9.17, 15) is 0 Å². The number of thiophene rings is 1. The maximum absolute atomic E-state index is 5.04. The van der Waals surface area contributed by atoms with Crippen LogP contribution in [0.25, 0.3) is 5.57 Å². The number of hydrogen-bond donors (Lipinski definition) is 2. The topological polar surface area (TPSA) is 50.4 Å². The maximum Gasteiger partial charge on any atom is 0.0902 e. The number of allylic oxidation sites excluding steroid dienone is 5. The van der Waals surface area contributed by atoms with E-state index in [0.717, 1.165) is 29.8 Å². The summed E-state index contributed by atoms with van der Waals surface area (Å²) >= 11 is 1.80. The molecule has 3 aliphatic rings. The van der Waals surface area contributed by atoms with Gasteiger partial charge in [-0.1, -0.05) is 44.4 Å². The van der Waals surface area contributed by atoms with Crippen molar-refractivity contribution in [2.45, 2.75) is 93.4 Å². The molecule has 0 spiro atoms. The van der Waals surface area contributed by atoms with Crippen LogP contribution in [0.3, 0.4) is 0 Å². The maximum atomic E-state index is 5.04. The highest BCUT2D eigenvalue weighted by molar-refractivity contribution is 7.13. The minimum Gasteiger partial charge on any atom is -0.388 e. The Morgan fingerprint density at radius 2 is 1.51 bits per heavy atom. The molecular weight excluding hydrogens is 494 g/mol. The Morgan fingerprint density at radius 1 is 1.03 bits per heavy atom. The molecule has 2 bridgehead atoms. The molecule has 3 saturated carbocycles. The lowest BCUT2D eigenvalue weighted by Crippen LogP contribution is -2.45. The van der Waals surface area contributed by atoms with Crippen LogP contribution in [0.4, 0.5) is 0 Å². The Kier molecular flexibility index (Phi) is 16.7. The predicted molar refractivity (Wildman–Crippen MR) is 181 cm³/mol. The van der Waals surface area contributed by atoms with Gasteiger partial charge in [0, 0.05) is 29.0 Å². The number of nitrogens with two attached hydrogens (primary N) is 1. The normalized spacial score (nSPS) is 20.9. The van der Waals surface area contributed by atoms with Crippen LogP contribution in [0, 0.1) is 17.8 Å². The second-order valence-corrected chi connectivity index (χ2v) is 12.5. The molecule has 1 aromatic heterocycles. The zero-order valence-electron chi connectivity index (χ0n) is 26.4. The van der Waals surface area contributed by atoms with Crippen molar-refractivity contribution in [2.24, 2.45) is 21.6 Å². The lowest BCUT2D eigenvalue weighted by Gasteiger charge is -2.52. The van der Waals surface area contributed by atoms with Crippen LogP contribution in [0.1, 0.15) is 96.2 Å². The largest absolute Gasteiger partial charge is 0.388 e. The van der Waals surface area contributed by atoms with Gasteiger partial charge in [-0.25, -0.2) is 0 Å². The fraction of sp³-hybridized carbons (Fsp3) is 0.514. The predicted octanol–water partition coefficient (Wildman–Crippen LogP) is 10.2. The van der Waals surface area contributed by atoms with Crippen LogP contribution in [0.15, 0.2) is 84.6 Å². The van der Waals surface area contributed by atoms with Gasteiger partial charge in [-0.2, -0.15) is 0 Å². The van der Waals surface area contributed by atoms with Gasteiger partial charge in [0.2, 0.25) is 0 Å². The van der Waals surface area contributed by atoms with Crippen LogP contribution in [-0.2, 0) is 0 Å². The number of nitrogens with zero attached hydrogens (tertiary/aromatic N) is 1. The number of rotatable bonds is 8. The molecule has 0 atom stereocenters. The molecule has 218 valence electrons. The Hall–Kier alpha value is -2.59. The van der Waals surface area contributed by atoms with Crippen LogP contribution < -0.4 is 11.1 Å². The lowest BCUT2D eigenvalue weighted by molar-refractivity contribution is 0.0240. The summed E-state index contributed by atoms with van der Waals surface area (Å²) in [6.45, 7) is 35.1. The minimum atomic E-state index is 0.458. The SMILES string of the molecule is C=C(C)c1ccc(C)s1.C=CC.C=CC12CCC(CNC(=C)C(=C)C(CC)=C(C)C)(CC1)CC2.CN=C(C)N. The van der Waals surface area contributed by atoms with Crippen molar-refractivity contribution in [3.63, 3.8) is 0 Å². The monoisotopic (exact) mass is 551 g/mol. The molecule has 0 aliphatic heterocycles. The first kappa shape index (κ1) is 36.4. The van der Waals surface area contributed by atoms with Gasteiger partial charge in [0.25, 0.3) is 0 Å². The van der Waals surface area contributed by atoms with Crippen molar-refractivity contribution in [3.05, 3.63) is 89.4 Å². The highest BCUT2D eigenvalue weighted by atomic mass is 32.1. The van der Waals surface area contributed by atoms with Crippen molar-refractivity contribution >= 4 is 22.7 Å². The number of hydrogen-bond acceptors (Lipinski definition) is 3. The van der Waals surface area contributed by atoms with Crippen LogP contribution in [0.5, 0.6) is 0 Å². The van der Waals surface area contributed by atoms with Crippen LogP contribution in [0.2, 0.25) is 0 Å². The van der Waals surface area contributed by atoms with Crippen molar-refractivity contribution in [1.82, 2.24) is 5.32 Å². The van der Waals surface area contributed by atoms with Gasteiger partial charge in [0.05, 0.1) is 5.84 Å². The molecule has 1 heterocycles. The van der Waals surface area contributed by atoms with Gasteiger partial charge in [-0.3, -0.25) is 4.99 Å². The first-order valence-corrected chi connectivity index (χ1v) is 15.0. The number of fused-ring (bicyclic) bond motifs is 3. The van der Waals surface area contributed by atoms with E-state index in [-0.39, 0.29) is 0 Å². The smallest absolute Gasteiger partial charge is 0.0902 e. The lowest BCUT2D eigenvalue weighted by atomic mass is 9.54. The molecule has 4 rings (SSSR count). The molecule has 39 heavy (non-hydrogen) atoms. The molecule has 3 aliphatic carbocycles. The van der Waals surface area contributed by atoms with E-state index in [0.29, 0.717) is 16.7 Å². The third-order valence-electron chi connectivity index (χ3n) is 7.77. The van der Waals surface area contributed by atoms with E-state index in [2.05, 4.69) is 89.1 Å². The van der Waals surface area contributed by atoms with Crippen LogP contribution >= 0.6 is 11.3 Å². The van der Waals surface area contributed by atoms with E-state index >= 15 is 0 Å². The molecule has 3 fully saturated rings. The van der Waals surface area contributed by atoms with E-state index in [1.54, 1.807) is 31.4 Å². The van der Waals surface area contributed by atoms with E-state index in [4.69, 9.17) is 5.73 Å². The summed E-state index contributed by atoms with van der Waals surface area (Å²) < 4.78 is 0. The van der Waals surface area contributed by atoms with E-state index in [1.165, 1.54) is 59.4 Å². The summed E-state index contributed by atoms with van der Waals surface area (Å²) in [5, 5.41) is 3.61. The summed E-state index contributed by atoms with van der Waals surface area (Å²) in [5.41, 5.74) is 11.9. The fourth-order valence-electron chi connectivity index (χ4n) is 4.98. The molecule has 0 aromatic carbocycles. The Bertz CT molecular complexity index is 1000. The number of nitrogens with one attached hydrogen (secondary N) is 1. The Labute approximate surface area is 245 Å². The van der Waals surface area contributed by atoms with Gasteiger partial charge in [-0.05, 0) is 126 Å². The zero-order valence-corrected chi connectivity index (χ0v) is 27.3. The fourth-order valence-corrected chi connectivity index (χ4v) is 5.77. The minimum absolute atomic E-state index is 0.458. The summed E-state index contributed by atoms with van der Waals surface area (Å²) in [6.07, 6.45) is 12.9. The quantitative estimate of drug-likeness (QED) is 0.146. The molecule has 0 amide bonds. The van der Waals surface area contributed by atoms with Crippen molar-refractivity contribution in [3.8, 4) is 0 Å². The van der Waals surface area contributed by atoms with Gasteiger partial charge < -0.3 is 11.1 Å². The van der Waals surface area contributed by atoms with Crippen LogP contribution in [-0.4, -0.2) is 19.4 Å². The van der Waals surface area contributed by atoms with E-state index < -0.39 is 0 Å². The number of aryl methyl sites for hydroxylation is 1. The molecule has 0 saturated heterocycles. The standard InChI is InChI=1S/C21H33N.C8H10S.C3H8N2.C3H6/c1-7-19(16(3)4)17(5)18(6)22-15-21-12-9-20(8-2,10-13-21)11-14-21;1-6(2)8-5-4-7(3)9-8;1-3(4)5-2;1-3-2/h8,22H,2,5-7,9-15H2,1,3-4H3;4-5H,1H2,2-3H3;1-2H3,(H2,4,5);3H,1H2,2H3. The number of aliphatic imine (C=N–C) groups is 1. The highest BCUT2D eigenvalue weighted by Crippen LogP contribution is 2.57. The van der Waals surface area contributed by atoms with Gasteiger partial charge >= 0.3 is 0 Å². The Morgan fingerprint density at radius 3 is 1.79 bits per heavy atom. The third-order valence-corrected chi connectivity index (χ3v) is 8.93. The molecule has 4 heteroatoms. The Balaban J connectivity index is 0.000000694. The van der Waals surface area contributed by atoms with Crippen molar-refractivity contribution < 1.29 is 0 Å². The molecule has 1 aromatic rings. The summed E-state index contributed by atoms with van der Waals surface area (Å²) in [4.78, 5) is 6.24.